The highest BCUT2D eigenvalue weighted by molar-refractivity contribution is 5.87. The molecule has 3 rings (SSSR count). The second-order valence-corrected chi connectivity index (χ2v) is 6.48. The Balaban J connectivity index is 1.84. The number of halogens is 1. The molecular formula is C22H21FN2O3. The van der Waals surface area contributed by atoms with Crippen molar-refractivity contribution in [1.82, 2.24) is 4.90 Å². The third-order valence-corrected chi connectivity index (χ3v) is 4.69. The monoisotopic (exact) mass is 380 g/mol. The number of hydrogen-bond acceptors (Lipinski definition) is 3. The molecule has 0 radical (unpaired) electrons. The van der Waals surface area contributed by atoms with Crippen LogP contribution < -0.4 is 9.47 Å². The zero-order valence-corrected chi connectivity index (χ0v) is 15.6. The Morgan fingerprint density at radius 3 is 2.82 bits per heavy atom. The molecule has 2 unspecified atom stereocenters. The number of carbonyl (C=O) groups excluding carboxylic acids is 1. The van der Waals surface area contributed by atoms with Gasteiger partial charge in [0.15, 0.2) is 11.9 Å². The van der Waals surface area contributed by atoms with Crippen LogP contribution in [0.2, 0.25) is 0 Å². The van der Waals surface area contributed by atoms with Gasteiger partial charge in [0, 0.05) is 18.5 Å². The van der Waals surface area contributed by atoms with E-state index in [-0.39, 0.29) is 12.5 Å². The van der Waals surface area contributed by atoms with Crippen molar-refractivity contribution in [3.05, 3.63) is 66.5 Å². The van der Waals surface area contributed by atoms with Gasteiger partial charge in [-0.05, 0) is 35.9 Å². The Labute approximate surface area is 163 Å². The van der Waals surface area contributed by atoms with Crippen LogP contribution in [-0.2, 0) is 4.79 Å². The van der Waals surface area contributed by atoms with Crippen LogP contribution >= 0.6 is 0 Å². The van der Waals surface area contributed by atoms with Crippen molar-refractivity contribution in [2.75, 3.05) is 20.2 Å². The number of amides is 1. The summed E-state index contributed by atoms with van der Waals surface area (Å²) in [6.07, 6.45) is -0.441. The fourth-order valence-corrected chi connectivity index (χ4v) is 3.27. The van der Waals surface area contributed by atoms with Gasteiger partial charge in [-0.15, -0.1) is 0 Å². The third kappa shape index (κ3) is 4.15. The molecule has 0 aliphatic carbocycles. The second kappa shape index (κ2) is 8.57. The number of piperidine rings is 1. The maximum absolute atomic E-state index is 14.6. The molecule has 1 fully saturated rings. The van der Waals surface area contributed by atoms with E-state index in [0.717, 1.165) is 11.1 Å². The Bertz CT molecular complexity index is 922. The minimum absolute atomic E-state index is 0.0304. The molecule has 2 aromatic carbocycles. The summed E-state index contributed by atoms with van der Waals surface area (Å²) < 4.78 is 25.9. The minimum Gasteiger partial charge on any atom is -0.496 e. The average molecular weight is 380 g/mol. The quantitative estimate of drug-likeness (QED) is 0.570. The van der Waals surface area contributed by atoms with Gasteiger partial charge in [-0.1, -0.05) is 24.8 Å². The molecule has 1 aliphatic rings. The van der Waals surface area contributed by atoms with Crippen LogP contribution in [0.15, 0.2) is 55.1 Å². The number of nitrogens with zero attached hydrogens (tertiary/aromatic N) is 2. The molecule has 5 nitrogen and oxygen atoms in total. The first kappa shape index (κ1) is 19.4. The lowest BCUT2D eigenvalue weighted by atomic mass is 10.0. The predicted molar refractivity (Wildman–Crippen MR) is 105 cm³/mol. The molecular weight excluding hydrogens is 359 g/mol. The van der Waals surface area contributed by atoms with E-state index in [9.17, 15) is 9.18 Å². The fourth-order valence-electron chi connectivity index (χ4n) is 3.27. The summed E-state index contributed by atoms with van der Waals surface area (Å²) in [6.45, 7) is 11.2. The van der Waals surface area contributed by atoms with Gasteiger partial charge in [0.2, 0.25) is 5.91 Å². The van der Waals surface area contributed by atoms with Gasteiger partial charge < -0.3 is 14.4 Å². The molecule has 1 aliphatic heterocycles. The predicted octanol–water partition coefficient (Wildman–Crippen LogP) is 4.42. The molecule has 28 heavy (non-hydrogen) atoms. The van der Waals surface area contributed by atoms with Crippen molar-refractivity contribution in [1.29, 1.82) is 0 Å². The minimum atomic E-state index is -1.32. The SMILES string of the molecule is [C-]#[N+]c1cc(OC2CCN(C(=O)C=C)CC2F)cc(-c2ccccc2OC)c1. The van der Waals surface area contributed by atoms with Crippen LogP contribution in [0.3, 0.4) is 0 Å². The van der Waals surface area contributed by atoms with E-state index in [1.807, 2.05) is 24.3 Å². The number of alkyl halides is 1. The van der Waals surface area contributed by atoms with Gasteiger partial charge in [-0.25, -0.2) is 9.24 Å². The van der Waals surface area contributed by atoms with E-state index < -0.39 is 12.3 Å². The number of hydrogen-bond donors (Lipinski definition) is 0. The summed E-state index contributed by atoms with van der Waals surface area (Å²) in [5.74, 6) is 0.815. The molecule has 0 spiro atoms. The number of carbonyl (C=O) groups is 1. The lowest BCUT2D eigenvalue weighted by molar-refractivity contribution is -0.129. The Morgan fingerprint density at radius 2 is 2.14 bits per heavy atom. The molecule has 0 N–H and O–H groups in total. The zero-order valence-electron chi connectivity index (χ0n) is 15.6. The number of para-hydroxylation sites is 1. The number of benzene rings is 2. The van der Waals surface area contributed by atoms with Crippen molar-refractivity contribution < 1.29 is 18.7 Å². The number of methoxy groups -OCH3 is 1. The molecule has 2 atom stereocenters. The van der Waals surface area contributed by atoms with Gasteiger partial charge in [-0.3, -0.25) is 4.79 Å². The van der Waals surface area contributed by atoms with E-state index in [0.29, 0.717) is 30.2 Å². The van der Waals surface area contributed by atoms with E-state index in [4.69, 9.17) is 16.0 Å². The largest absolute Gasteiger partial charge is 0.496 e. The first-order valence-electron chi connectivity index (χ1n) is 8.93. The number of likely N-dealkylation sites (tertiary alicyclic amines) is 1. The molecule has 0 aromatic heterocycles. The molecule has 1 heterocycles. The van der Waals surface area contributed by atoms with Crippen molar-refractivity contribution >= 4 is 11.6 Å². The summed E-state index contributed by atoms with van der Waals surface area (Å²) in [5.41, 5.74) is 1.98. The van der Waals surface area contributed by atoms with Crippen LogP contribution in [0.5, 0.6) is 11.5 Å². The Morgan fingerprint density at radius 1 is 1.36 bits per heavy atom. The molecule has 1 saturated heterocycles. The fraction of sp³-hybridized carbons (Fsp3) is 0.273. The van der Waals surface area contributed by atoms with Gasteiger partial charge in [0.05, 0.1) is 20.2 Å². The molecule has 1 amide bonds. The average Bonchev–Trinajstić information content (AvgIpc) is 2.74. The van der Waals surface area contributed by atoms with Crippen molar-refractivity contribution in [2.24, 2.45) is 0 Å². The molecule has 144 valence electrons. The van der Waals surface area contributed by atoms with E-state index in [1.165, 1.54) is 11.0 Å². The van der Waals surface area contributed by atoms with Gasteiger partial charge in [-0.2, -0.15) is 0 Å². The number of ether oxygens (including phenoxy) is 2. The Hall–Kier alpha value is -3.33. The highest BCUT2D eigenvalue weighted by Gasteiger charge is 2.32. The van der Waals surface area contributed by atoms with Crippen LogP contribution in [0.4, 0.5) is 10.1 Å². The second-order valence-electron chi connectivity index (χ2n) is 6.48. The normalized spacial score (nSPS) is 18.8. The molecule has 0 saturated carbocycles. The van der Waals surface area contributed by atoms with E-state index in [1.54, 1.807) is 25.3 Å². The zero-order chi connectivity index (χ0) is 20.1. The topological polar surface area (TPSA) is 43.1 Å². The lowest BCUT2D eigenvalue weighted by Crippen LogP contribution is -2.48. The van der Waals surface area contributed by atoms with Crippen LogP contribution in [0.25, 0.3) is 16.0 Å². The standard InChI is InChI=1S/C22H21FN2O3/c1-4-22(26)25-10-9-21(19(23)14-25)28-17-12-15(11-16(13-17)24-2)18-7-5-6-8-20(18)27-3/h4-8,11-13,19,21H,1,9-10,14H2,3H3. The summed E-state index contributed by atoms with van der Waals surface area (Å²) in [4.78, 5) is 16.6. The third-order valence-electron chi connectivity index (χ3n) is 4.69. The first-order valence-corrected chi connectivity index (χ1v) is 8.93. The maximum atomic E-state index is 14.6. The van der Waals surface area contributed by atoms with Crippen molar-refractivity contribution in [2.45, 2.75) is 18.7 Å². The summed E-state index contributed by atoms with van der Waals surface area (Å²) >= 11 is 0. The van der Waals surface area contributed by atoms with E-state index in [2.05, 4.69) is 11.4 Å². The highest BCUT2D eigenvalue weighted by Crippen LogP contribution is 2.36. The Kier molecular flexibility index (Phi) is 5.95. The van der Waals surface area contributed by atoms with Gasteiger partial charge in [0.1, 0.15) is 17.6 Å². The first-order chi connectivity index (χ1) is 13.5. The number of rotatable bonds is 5. The van der Waals surface area contributed by atoms with Crippen molar-refractivity contribution in [3.8, 4) is 22.6 Å². The van der Waals surface area contributed by atoms with Gasteiger partial charge >= 0.3 is 0 Å². The summed E-state index contributed by atoms with van der Waals surface area (Å²) in [5, 5.41) is 0. The molecule has 2 aromatic rings. The summed E-state index contributed by atoms with van der Waals surface area (Å²) in [6, 6.07) is 12.6. The summed E-state index contributed by atoms with van der Waals surface area (Å²) in [7, 11) is 1.58. The lowest BCUT2D eigenvalue weighted by Gasteiger charge is -2.34. The van der Waals surface area contributed by atoms with Crippen LogP contribution in [0, 0.1) is 6.57 Å². The van der Waals surface area contributed by atoms with Crippen LogP contribution in [-0.4, -0.2) is 43.3 Å². The molecule has 0 bridgehead atoms. The smallest absolute Gasteiger partial charge is 0.246 e. The van der Waals surface area contributed by atoms with Gasteiger partial charge in [0.25, 0.3) is 0 Å². The van der Waals surface area contributed by atoms with Crippen molar-refractivity contribution in [3.63, 3.8) is 0 Å². The molecule has 6 heteroatoms. The maximum Gasteiger partial charge on any atom is 0.246 e. The van der Waals surface area contributed by atoms with Crippen LogP contribution in [0.1, 0.15) is 6.42 Å². The highest BCUT2D eigenvalue weighted by atomic mass is 19.1. The van der Waals surface area contributed by atoms with E-state index >= 15 is 0 Å².